The molecule has 0 saturated heterocycles. The number of benzene rings is 2. The highest BCUT2D eigenvalue weighted by Gasteiger charge is 2.19. The number of halogens is 1. The average molecular weight is 392 g/mol. The quantitative estimate of drug-likeness (QED) is 0.817. The molecule has 0 aliphatic carbocycles. The molecular formula is C18H18ClN3O3S. The van der Waals surface area contributed by atoms with Gasteiger partial charge in [0, 0.05) is 23.7 Å². The van der Waals surface area contributed by atoms with Crippen molar-refractivity contribution < 1.29 is 13.2 Å². The number of hydrogen-bond donors (Lipinski definition) is 1. The fourth-order valence-electron chi connectivity index (χ4n) is 2.35. The summed E-state index contributed by atoms with van der Waals surface area (Å²) in [6, 6.07) is 13.3. The fourth-order valence-corrected chi connectivity index (χ4v) is 3.45. The van der Waals surface area contributed by atoms with E-state index in [1.807, 2.05) is 6.07 Å². The zero-order valence-electron chi connectivity index (χ0n) is 14.4. The molecule has 1 amide bonds. The van der Waals surface area contributed by atoms with Crippen LogP contribution in [-0.4, -0.2) is 27.1 Å². The predicted octanol–water partition coefficient (Wildman–Crippen LogP) is 3.31. The lowest BCUT2D eigenvalue weighted by Crippen LogP contribution is -2.33. The normalized spacial score (nSPS) is 10.8. The van der Waals surface area contributed by atoms with Crippen LogP contribution in [0.25, 0.3) is 0 Å². The van der Waals surface area contributed by atoms with E-state index >= 15 is 0 Å². The van der Waals surface area contributed by atoms with E-state index in [1.54, 1.807) is 37.3 Å². The van der Waals surface area contributed by atoms with Gasteiger partial charge >= 0.3 is 0 Å². The third-order valence-corrected chi connectivity index (χ3v) is 5.37. The number of rotatable bonds is 6. The van der Waals surface area contributed by atoms with Crippen molar-refractivity contribution in [3.05, 3.63) is 58.6 Å². The van der Waals surface area contributed by atoms with Crippen LogP contribution in [0.2, 0.25) is 5.02 Å². The van der Waals surface area contributed by atoms with E-state index in [2.05, 4.69) is 5.32 Å². The Morgan fingerprint density at radius 2 is 1.88 bits per heavy atom. The van der Waals surface area contributed by atoms with Crippen molar-refractivity contribution in [3.8, 4) is 6.07 Å². The first-order valence-corrected chi connectivity index (χ1v) is 9.98. The molecule has 0 saturated carbocycles. The van der Waals surface area contributed by atoms with E-state index < -0.39 is 10.0 Å². The summed E-state index contributed by atoms with van der Waals surface area (Å²) < 4.78 is 25.3. The maximum absolute atomic E-state index is 12.2. The first kappa shape index (κ1) is 19.8. The number of hydrogen-bond acceptors (Lipinski definition) is 4. The molecule has 2 rings (SSSR count). The zero-order chi connectivity index (χ0) is 19.3. The summed E-state index contributed by atoms with van der Waals surface area (Å²) >= 11 is 6.03. The van der Waals surface area contributed by atoms with Crippen LogP contribution >= 0.6 is 11.6 Å². The standard InChI is InChI=1S/C18H18ClN3O3S/c1-13-16(19)4-3-5-17(13)21-18(23)10-11-22(26(2,24)25)15-8-6-14(12-20)7-9-15/h3-9H,10-11H2,1-2H3,(H,21,23). The number of carbonyl (C=O) groups excluding carboxylic acids is 1. The molecule has 6 nitrogen and oxygen atoms in total. The van der Waals surface area contributed by atoms with Gasteiger partial charge in [-0.3, -0.25) is 9.10 Å². The van der Waals surface area contributed by atoms with Gasteiger partial charge in [0.2, 0.25) is 15.9 Å². The largest absolute Gasteiger partial charge is 0.326 e. The Kier molecular flexibility index (Phi) is 6.24. The number of amides is 1. The summed E-state index contributed by atoms with van der Waals surface area (Å²) in [4.78, 5) is 12.2. The smallest absolute Gasteiger partial charge is 0.232 e. The van der Waals surface area contributed by atoms with E-state index in [1.165, 1.54) is 12.1 Å². The molecule has 1 N–H and O–H groups in total. The Hall–Kier alpha value is -2.56. The molecule has 0 radical (unpaired) electrons. The fraction of sp³-hybridized carbons (Fsp3) is 0.222. The van der Waals surface area contributed by atoms with E-state index in [0.29, 0.717) is 22.0 Å². The Morgan fingerprint density at radius 3 is 2.46 bits per heavy atom. The molecule has 0 bridgehead atoms. The lowest BCUT2D eigenvalue weighted by Gasteiger charge is -2.22. The highest BCUT2D eigenvalue weighted by molar-refractivity contribution is 7.92. The van der Waals surface area contributed by atoms with Crippen molar-refractivity contribution in [2.24, 2.45) is 0 Å². The lowest BCUT2D eigenvalue weighted by atomic mass is 10.2. The third-order valence-electron chi connectivity index (χ3n) is 3.77. The first-order chi connectivity index (χ1) is 12.2. The molecule has 8 heteroatoms. The predicted molar refractivity (Wildman–Crippen MR) is 103 cm³/mol. The van der Waals surface area contributed by atoms with Gasteiger partial charge in [-0.25, -0.2) is 8.42 Å². The van der Waals surface area contributed by atoms with Crippen molar-refractivity contribution >= 4 is 38.9 Å². The maximum atomic E-state index is 12.2. The minimum Gasteiger partial charge on any atom is -0.326 e. The molecule has 0 atom stereocenters. The van der Waals surface area contributed by atoms with Gasteiger partial charge in [-0.1, -0.05) is 17.7 Å². The molecule has 0 aliphatic rings. The number of anilines is 2. The summed E-state index contributed by atoms with van der Waals surface area (Å²) in [5.74, 6) is -0.322. The van der Waals surface area contributed by atoms with Crippen LogP contribution in [0, 0.1) is 18.3 Å². The molecule has 2 aromatic carbocycles. The maximum Gasteiger partial charge on any atom is 0.232 e. The molecule has 0 unspecified atom stereocenters. The molecule has 0 fully saturated rings. The van der Waals surface area contributed by atoms with Gasteiger partial charge in [-0.2, -0.15) is 5.26 Å². The van der Waals surface area contributed by atoms with Gasteiger partial charge in [-0.15, -0.1) is 0 Å². The molecule has 0 aliphatic heterocycles. The monoisotopic (exact) mass is 391 g/mol. The SMILES string of the molecule is Cc1c(Cl)cccc1NC(=O)CCN(c1ccc(C#N)cc1)S(C)(=O)=O. The van der Waals surface area contributed by atoms with E-state index in [-0.39, 0.29) is 18.9 Å². The highest BCUT2D eigenvalue weighted by atomic mass is 35.5. The van der Waals surface area contributed by atoms with Gasteiger partial charge in [0.05, 0.1) is 23.6 Å². The molecule has 0 spiro atoms. The van der Waals surface area contributed by atoms with Crippen LogP contribution in [0.5, 0.6) is 0 Å². The van der Waals surface area contributed by atoms with Gasteiger partial charge in [-0.05, 0) is 48.9 Å². The Bertz CT molecular complexity index is 951. The number of nitrogens with one attached hydrogen (secondary N) is 1. The summed E-state index contributed by atoms with van der Waals surface area (Å²) in [5.41, 5.74) is 2.16. The van der Waals surface area contributed by atoms with Gasteiger partial charge in [0.25, 0.3) is 0 Å². The van der Waals surface area contributed by atoms with Gasteiger partial charge in [0.1, 0.15) is 0 Å². The molecule has 2 aromatic rings. The van der Waals surface area contributed by atoms with Crippen LogP contribution in [0.3, 0.4) is 0 Å². The summed E-state index contributed by atoms with van der Waals surface area (Å²) in [6.07, 6.45) is 1.04. The third kappa shape index (κ3) is 4.97. The molecular weight excluding hydrogens is 374 g/mol. The Morgan fingerprint density at radius 1 is 1.23 bits per heavy atom. The van der Waals surface area contributed by atoms with Crippen molar-refractivity contribution in [1.82, 2.24) is 0 Å². The van der Waals surface area contributed by atoms with Gasteiger partial charge in [0.15, 0.2) is 0 Å². The first-order valence-electron chi connectivity index (χ1n) is 7.75. The van der Waals surface area contributed by atoms with Crippen LogP contribution in [0.4, 0.5) is 11.4 Å². The summed E-state index contributed by atoms with van der Waals surface area (Å²) in [5, 5.41) is 12.1. The van der Waals surface area contributed by atoms with Crippen molar-refractivity contribution in [2.75, 3.05) is 22.4 Å². The second-order valence-corrected chi connectivity index (χ2v) is 8.02. The second kappa shape index (κ2) is 8.21. The minimum atomic E-state index is -3.57. The Labute approximate surface area is 158 Å². The summed E-state index contributed by atoms with van der Waals surface area (Å²) in [7, 11) is -3.57. The van der Waals surface area contributed by atoms with E-state index in [0.717, 1.165) is 16.1 Å². The average Bonchev–Trinajstić information content (AvgIpc) is 2.58. The lowest BCUT2D eigenvalue weighted by molar-refractivity contribution is -0.116. The molecule has 0 aromatic heterocycles. The van der Waals surface area contributed by atoms with Crippen molar-refractivity contribution in [3.63, 3.8) is 0 Å². The van der Waals surface area contributed by atoms with Crippen molar-refractivity contribution in [2.45, 2.75) is 13.3 Å². The summed E-state index contributed by atoms with van der Waals surface area (Å²) in [6.45, 7) is 1.77. The Balaban J connectivity index is 2.11. The van der Waals surface area contributed by atoms with Crippen LogP contribution in [-0.2, 0) is 14.8 Å². The van der Waals surface area contributed by atoms with Crippen LogP contribution in [0.15, 0.2) is 42.5 Å². The van der Waals surface area contributed by atoms with E-state index in [9.17, 15) is 13.2 Å². The van der Waals surface area contributed by atoms with Crippen LogP contribution < -0.4 is 9.62 Å². The van der Waals surface area contributed by atoms with Crippen LogP contribution in [0.1, 0.15) is 17.5 Å². The van der Waals surface area contributed by atoms with Gasteiger partial charge < -0.3 is 5.32 Å². The number of sulfonamides is 1. The molecule has 26 heavy (non-hydrogen) atoms. The minimum absolute atomic E-state index is 0.0177. The zero-order valence-corrected chi connectivity index (χ0v) is 15.9. The number of nitrogens with zero attached hydrogens (tertiary/aromatic N) is 2. The second-order valence-electron chi connectivity index (χ2n) is 5.70. The number of carbonyl (C=O) groups is 1. The molecule has 136 valence electrons. The van der Waals surface area contributed by atoms with Crippen molar-refractivity contribution in [1.29, 1.82) is 5.26 Å². The number of nitriles is 1. The topological polar surface area (TPSA) is 90.3 Å². The highest BCUT2D eigenvalue weighted by Crippen LogP contribution is 2.23. The van der Waals surface area contributed by atoms with E-state index in [4.69, 9.17) is 16.9 Å². The molecule has 0 heterocycles.